The third-order valence-corrected chi connectivity index (χ3v) is 5.56. The van der Waals surface area contributed by atoms with Crippen LogP contribution in [0.2, 0.25) is 22.2 Å². The quantitative estimate of drug-likeness (QED) is 0.368. The van der Waals surface area contributed by atoms with Gasteiger partial charge in [0.15, 0.2) is 13.4 Å². The summed E-state index contributed by atoms with van der Waals surface area (Å²) in [6, 6.07) is 0. The molecular weight excluding hydrogens is 238 g/mol. The summed E-state index contributed by atoms with van der Waals surface area (Å²) >= 11 is 0. The van der Waals surface area contributed by atoms with Crippen LogP contribution in [-0.2, 0) is 0 Å². The zero-order valence-electron chi connectivity index (χ0n) is 15.3. The van der Waals surface area contributed by atoms with Gasteiger partial charge in [0.05, 0.1) is 0 Å². The third-order valence-electron chi connectivity index (χ3n) is 5.56. The van der Waals surface area contributed by atoms with Crippen molar-refractivity contribution in [2.24, 2.45) is 0 Å². The Kier molecular flexibility index (Phi) is 3.64. The third kappa shape index (κ3) is 2.14. The first-order valence-corrected chi connectivity index (χ1v) is 8.23. The van der Waals surface area contributed by atoms with Crippen LogP contribution in [0.1, 0.15) is 69.2 Å². The van der Waals surface area contributed by atoms with E-state index in [1.165, 1.54) is 0 Å². The second-order valence-electron chi connectivity index (χ2n) is 9.65. The predicted octanol–water partition coefficient (Wildman–Crippen LogP) is 6.10. The summed E-state index contributed by atoms with van der Waals surface area (Å²) in [5.41, 5.74) is 7.49. The molecule has 0 aromatic rings. The molecule has 3 aliphatic rings. The highest BCUT2D eigenvalue weighted by Crippen LogP contribution is 2.72. The van der Waals surface area contributed by atoms with Gasteiger partial charge in [-0.25, -0.2) is 0 Å². The fraction of sp³-hybridized carbons (Fsp3) is 0.778. The summed E-state index contributed by atoms with van der Waals surface area (Å²) < 4.78 is 0. The van der Waals surface area contributed by atoms with Gasteiger partial charge in [-0.15, -0.1) is 5.47 Å². The largest absolute Gasteiger partial charge is 0.175 e. The maximum atomic E-state index is 2.44. The van der Waals surface area contributed by atoms with Crippen molar-refractivity contribution in [1.82, 2.24) is 0 Å². The zero-order valence-corrected chi connectivity index (χ0v) is 15.3. The maximum absolute atomic E-state index is 2.44. The van der Waals surface area contributed by atoms with Crippen molar-refractivity contribution in [1.29, 1.82) is 0 Å². The Morgan fingerprint density at radius 2 is 1.30 bits per heavy atom. The monoisotopic (exact) mass is 270 g/mol. The van der Waals surface area contributed by atoms with Gasteiger partial charge in [-0.3, -0.25) is 0 Å². The smallest absolute Gasteiger partial charge is 0.102 e. The van der Waals surface area contributed by atoms with Gasteiger partial charge in [-0.1, -0.05) is 74.6 Å². The van der Waals surface area contributed by atoms with Crippen molar-refractivity contribution < 1.29 is 0 Å². The summed E-state index contributed by atoms with van der Waals surface area (Å²) in [5, 5.41) is 0.779. The van der Waals surface area contributed by atoms with Crippen LogP contribution in [0.4, 0.5) is 0 Å². The van der Waals surface area contributed by atoms with E-state index in [1.54, 1.807) is 22.2 Å². The van der Waals surface area contributed by atoms with Gasteiger partial charge in [0.25, 0.3) is 0 Å². The Morgan fingerprint density at radius 1 is 0.800 bits per heavy atom. The molecule has 0 nitrogen and oxygen atoms in total. The van der Waals surface area contributed by atoms with Crippen LogP contribution in [0.3, 0.4) is 0 Å². The highest BCUT2D eigenvalue weighted by molar-refractivity contribution is 6.98. The standard InChI is InChI=1S/C18H32B2/c1-11(2)13-15-14(12(3)4)19(17(5,6)7)16(13)20(15)18(8,9)10/h15-16H,1-10H3. The molecular formula is C18H32B2. The number of hydrogen-bond donors (Lipinski definition) is 0. The van der Waals surface area contributed by atoms with E-state index in [0.29, 0.717) is 10.6 Å². The number of fused-ring (bicyclic) bond motifs is 1. The molecule has 0 N–H and O–H groups in total. The molecule has 2 atom stereocenters. The van der Waals surface area contributed by atoms with Crippen LogP contribution < -0.4 is 0 Å². The van der Waals surface area contributed by atoms with E-state index in [1.807, 2.05) is 0 Å². The Labute approximate surface area is 127 Å². The van der Waals surface area contributed by atoms with Crippen LogP contribution in [0, 0.1) is 0 Å². The predicted molar refractivity (Wildman–Crippen MR) is 95.2 cm³/mol. The molecule has 2 heteroatoms. The highest BCUT2D eigenvalue weighted by atomic mass is 14.4. The van der Waals surface area contributed by atoms with Crippen molar-refractivity contribution in [3.63, 3.8) is 0 Å². The molecule has 110 valence electrons. The second kappa shape index (κ2) is 4.55. The van der Waals surface area contributed by atoms with Gasteiger partial charge in [-0.2, -0.15) is 0 Å². The van der Waals surface area contributed by atoms with Crippen molar-refractivity contribution in [3.8, 4) is 0 Å². The van der Waals surface area contributed by atoms with E-state index in [0.717, 1.165) is 25.0 Å². The molecule has 0 aromatic heterocycles. The van der Waals surface area contributed by atoms with Crippen molar-refractivity contribution >= 4 is 13.4 Å². The van der Waals surface area contributed by atoms with E-state index in [-0.39, 0.29) is 0 Å². The molecule has 0 radical (unpaired) electrons. The summed E-state index contributed by atoms with van der Waals surface area (Å²) in [5.74, 6) is 0.735. The van der Waals surface area contributed by atoms with Gasteiger partial charge < -0.3 is 0 Å². The van der Waals surface area contributed by atoms with Crippen molar-refractivity contribution in [2.45, 2.75) is 91.4 Å². The van der Waals surface area contributed by atoms with Gasteiger partial charge in [-0.05, 0) is 33.5 Å². The van der Waals surface area contributed by atoms with Crippen molar-refractivity contribution in [2.75, 3.05) is 0 Å². The van der Waals surface area contributed by atoms with E-state index >= 15 is 0 Å². The summed E-state index contributed by atoms with van der Waals surface area (Å²) in [6.07, 6.45) is 0. The molecule has 0 amide bonds. The lowest BCUT2D eigenvalue weighted by atomic mass is 9.09. The number of rotatable bonds is 0. The lowest BCUT2D eigenvalue weighted by Gasteiger charge is -2.47. The zero-order chi connectivity index (χ0) is 15.6. The molecule has 2 bridgehead atoms. The topological polar surface area (TPSA) is 0 Å². The minimum absolute atomic E-state index is 0.368. The second-order valence-corrected chi connectivity index (χ2v) is 9.65. The fourth-order valence-corrected chi connectivity index (χ4v) is 5.13. The molecule has 3 heterocycles. The lowest BCUT2D eigenvalue weighted by molar-refractivity contribution is 0.692. The first-order chi connectivity index (χ1) is 8.89. The summed E-state index contributed by atoms with van der Waals surface area (Å²) in [7, 11) is 0. The maximum Gasteiger partial charge on any atom is 0.175 e. The summed E-state index contributed by atoms with van der Waals surface area (Å²) in [4.78, 5) is 0. The number of hydrogen-bond acceptors (Lipinski definition) is 0. The molecule has 0 spiro atoms. The Hall–Kier alpha value is -0.390. The van der Waals surface area contributed by atoms with Crippen LogP contribution in [0.5, 0.6) is 0 Å². The minimum Gasteiger partial charge on any atom is -0.102 e. The Morgan fingerprint density at radius 3 is 1.55 bits per heavy atom. The Balaban J connectivity index is 2.63. The normalized spacial score (nSPS) is 26.1. The van der Waals surface area contributed by atoms with Gasteiger partial charge in [0.2, 0.25) is 0 Å². The molecule has 3 rings (SSSR count). The first kappa shape index (κ1) is 16.0. The van der Waals surface area contributed by atoms with Crippen LogP contribution in [0.15, 0.2) is 22.2 Å². The van der Waals surface area contributed by atoms with Crippen molar-refractivity contribution in [3.05, 3.63) is 22.2 Å². The molecule has 20 heavy (non-hydrogen) atoms. The Bertz CT molecular complexity index is 475. The van der Waals surface area contributed by atoms with E-state index in [9.17, 15) is 0 Å². The first-order valence-electron chi connectivity index (χ1n) is 8.23. The van der Waals surface area contributed by atoms with E-state index < -0.39 is 0 Å². The lowest BCUT2D eigenvalue weighted by Crippen LogP contribution is -2.46. The van der Waals surface area contributed by atoms with Gasteiger partial charge in [0.1, 0.15) is 0 Å². The molecule has 0 saturated carbocycles. The molecule has 0 aromatic carbocycles. The molecule has 3 saturated heterocycles. The highest BCUT2D eigenvalue weighted by Gasteiger charge is 2.68. The molecule has 3 aliphatic heterocycles. The summed E-state index contributed by atoms with van der Waals surface area (Å²) in [6.45, 7) is 25.5. The molecule has 3 fully saturated rings. The fourth-order valence-electron chi connectivity index (χ4n) is 5.13. The molecule has 2 unspecified atom stereocenters. The SMILES string of the molecule is CC(C)=C1B(C(C)(C)C)C2B(C(C)(C)C)C1C2=C(C)C. The van der Waals surface area contributed by atoms with Gasteiger partial charge in [0, 0.05) is 0 Å². The van der Waals surface area contributed by atoms with E-state index in [2.05, 4.69) is 69.2 Å². The van der Waals surface area contributed by atoms with Crippen LogP contribution in [-0.4, -0.2) is 13.4 Å². The van der Waals surface area contributed by atoms with E-state index in [4.69, 9.17) is 0 Å². The van der Waals surface area contributed by atoms with Crippen LogP contribution in [0.25, 0.3) is 0 Å². The van der Waals surface area contributed by atoms with Gasteiger partial charge >= 0.3 is 0 Å². The van der Waals surface area contributed by atoms with Crippen LogP contribution >= 0.6 is 0 Å². The number of allylic oxidation sites excluding steroid dienone is 4. The average Bonchev–Trinajstić information content (AvgIpc) is 2.63. The molecule has 0 aliphatic carbocycles. The minimum atomic E-state index is 0.368. The average molecular weight is 270 g/mol.